The van der Waals surface area contributed by atoms with E-state index in [0.29, 0.717) is 6.04 Å². The van der Waals surface area contributed by atoms with E-state index in [4.69, 9.17) is 0 Å². The van der Waals surface area contributed by atoms with E-state index in [9.17, 15) is 0 Å². The molecule has 1 atom stereocenters. The number of nitrogens with zero attached hydrogens (tertiary/aromatic N) is 1. The van der Waals surface area contributed by atoms with Crippen LogP contribution in [0.4, 0.5) is 0 Å². The zero-order valence-corrected chi connectivity index (χ0v) is 9.66. The molecular weight excluding hydrogens is 184 g/mol. The molecule has 0 radical (unpaired) electrons. The van der Waals surface area contributed by atoms with Crippen LogP contribution in [0.15, 0.2) is 18.2 Å². The van der Waals surface area contributed by atoms with Crippen molar-refractivity contribution in [1.29, 1.82) is 0 Å². The third kappa shape index (κ3) is 3.03. The Morgan fingerprint density at radius 1 is 1.47 bits per heavy atom. The largest absolute Gasteiger partial charge is 0.308 e. The molecule has 0 aliphatic heterocycles. The van der Waals surface area contributed by atoms with Crippen molar-refractivity contribution in [3.05, 3.63) is 29.6 Å². The summed E-state index contributed by atoms with van der Waals surface area (Å²) in [5.41, 5.74) is 2.27. The molecule has 1 aliphatic rings. The maximum absolute atomic E-state index is 4.50. The predicted molar refractivity (Wildman–Crippen MR) is 62.6 cm³/mol. The van der Waals surface area contributed by atoms with Gasteiger partial charge in [-0.2, -0.15) is 0 Å². The number of aromatic nitrogens is 1. The molecule has 0 spiro atoms. The first-order valence-electron chi connectivity index (χ1n) is 5.95. The standard InChI is InChI=1S/C13H20N2/c1-3-13(11-7-8-11)14-9-12-6-4-5-10(2)15-12/h4-6,11,13-14H,3,7-9H2,1-2H3. The second-order valence-corrected chi connectivity index (χ2v) is 4.50. The molecule has 1 unspecified atom stereocenters. The van der Waals surface area contributed by atoms with Crippen LogP contribution in [0.3, 0.4) is 0 Å². The van der Waals surface area contributed by atoms with Gasteiger partial charge in [0.05, 0.1) is 5.69 Å². The second-order valence-electron chi connectivity index (χ2n) is 4.50. The monoisotopic (exact) mass is 204 g/mol. The van der Waals surface area contributed by atoms with Crippen LogP contribution in [0.25, 0.3) is 0 Å². The first-order valence-corrected chi connectivity index (χ1v) is 5.95. The lowest BCUT2D eigenvalue weighted by molar-refractivity contribution is 0.446. The molecule has 2 rings (SSSR count). The Hall–Kier alpha value is -0.890. The van der Waals surface area contributed by atoms with Crippen LogP contribution in [0, 0.1) is 12.8 Å². The third-order valence-corrected chi connectivity index (χ3v) is 3.12. The molecular formula is C13H20N2. The highest BCUT2D eigenvalue weighted by molar-refractivity contribution is 5.09. The van der Waals surface area contributed by atoms with Gasteiger partial charge in [-0.1, -0.05) is 13.0 Å². The van der Waals surface area contributed by atoms with E-state index in [1.54, 1.807) is 0 Å². The lowest BCUT2D eigenvalue weighted by Crippen LogP contribution is -2.30. The normalized spacial score (nSPS) is 17.7. The Kier molecular flexibility index (Phi) is 3.37. The third-order valence-electron chi connectivity index (χ3n) is 3.12. The van der Waals surface area contributed by atoms with Crippen molar-refractivity contribution >= 4 is 0 Å². The van der Waals surface area contributed by atoms with Gasteiger partial charge >= 0.3 is 0 Å². The van der Waals surface area contributed by atoms with Crippen LogP contribution >= 0.6 is 0 Å². The van der Waals surface area contributed by atoms with Crippen molar-refractivity contribution < 1.29 is 0 Å². The van der Waals surface area contributed by atoms with Crippen molar-refractivity contribution in [2.24, 2.45) is 5.92 Å². The molecule has 1 aliphatic carbocycles. The van der Waals surface area contributed by atoms with Crippen LogP contribution in [0.2, 0.25) is 0 Å². The van der Waals surface area contributed by atoms with Crippen molar-refractivity contribution in [2.45, 2.75) is 45.7 Å². The smallest absolute Gasteiger partial charge is 0.0544 e. The molecule has 2 heteroatoms. The van der Waals surface area contributed by atoms with Crippen LogP contribution in [-0.2, 0) is 6.54 Å². The van der Waals surface area contributed by atoms with E-state index in [0.717, 1.165) is 23.9 Å². The Bertz CT molecular complexity index is 318. The average Bonchev–Trinajstić information content (AvgIpc) is 3.03. The van der Waals surface area contributed by atoms with E-state index in [-0.39, 0.29) is 0 Å². The number of hydrogen-bond donors (Lipinski definition) is 1. The molecule has 1 saturated carbocycles. The maximum Gasteiger partial charge on any atom is 0.0544 e. The van der Waals surface area contributed by atoms with Gasteiger partial charge < -0.3 is 5.32 Å². The Morgan fingerprint density at radius 2 is 2.27 bits per heavy atom. The zero-order chi connectivity index (χ0) is 10.7. The van der Waals surface area contributed by atoms with Gasteiger partial charge in [0.1, 0.15) is 0 Å². The minimum absolute atomic E-state index is 0.701. The summed E-state index contributed by atoms with van der Waals surface area (Å²) in [5, 5.41) is 3.61. The lowest BCUT2D eigenvalue weighted by Gasteiger charge is -2.15. The molecule has 2 nitrogen and oxygen atoms in total. The summed E-state index contributed by atoms with van der Waals surface area (Å²) in [7, 11) is 0. The van der Waals surface area contributed by atoms with Crippen LogP contribution in [-0.4, -0.2) is 11.0 Å². The Labute approximate surface area is 92.1 Å². The Morgan fingerprint density at radius 3 is 2.87 bits per heavy atom. The van der Waals surface area contributed by atoms with Crippen LogP contribution < -0.4 is 5.32 Å². The molecule has 1 aromatic rings. The summed E-state index contributed by atoms with van der Waals surface area (Å²) in [6, 6.07) is 6.92. The molecule has 82 valence electrons. The highest BCUT2D eigenvalue weighted by atomic mass is 14.9. The van der Waals surface area contributed by atoms with Gasteiger partial charge in [-0.05, 0) is 44.2 Å². The fourth-order valence-electron chi connectivity index (χ4n) is 2.08. The van der Waals surface area contributed by atoms with Gasteiger partial charge in [0, 0.05) is 18.3 Å². The van der Waals surface area contributed by atoms with Crippen molar-refractivity contribution in [1.82, 2.24) is 10.3 Å². The summed E-state index contributed by atoms with van der Waals surface area (Å²) in [5.74, 6) is 0.930. The molecule has 0 bridgehead atoms. The average molecular weight is 204 g/mol. The van der Waals surface area contributed by atoms with Crippen molar-refractivity contribution in [3.8, 4) is 0 Å². The molecule has 15 heavy (non-hydrogen) atoms. The number of pyridine rings is 1. The highest BCUT2D eigenvalue weighted by Gasteiger charge is 2.29. The first-order chi connectivity index (χ1) is 7.29. The fraction of sp³-hybridized carbons (Fsp3) is 0.615. The summed E-state index contributed by atoms with van der Waals surface area (Å²) < 4.78 is 0. The summed E-state index contributed by atoms with van der Waals surface area (Å²) >= 11 is 0. The van der Waals surface area contributed by atoms with Gasteiger partial charge in [-0.3, -0.25) is 4.98 Å². The van der Waals surface area contributed by atoms with E-state index in [1.807, 2.05) is 13.0 Å². The van der Waals surface area contributed by atoms with Gasteiger partial charge in [0.25, 0.3) is 0 Å². The molecule has 1 fully saturated rings. The minimum atomic E-state index is 0.701. The number of aryl methyl sites for hydroxylation is 1. The highest BCUT2D eigenvalue weighted by Crippen LogP contribution is 2.33. The Balaban J connectivity index is 1.86. The first kappa shape index (κ1) is 10.6. The second kappa shape index (κ2) is 4.75. The quantitative estimate of drug-likeness (QED) is 0.797. The van der Waals surface area contributed by atoms with E-state index >= 15 is 0 Å². The molecule has 0 aromatic carbocycles. The molecule has 0 amide bonds. The van der Waals surface area contributed by atoms with Gasteiger partial charge in [-0.15, -0.1) is 0 Å². The maximum atomic E-state index is 4.50. The van der Waals surface area contributed by atoms with Gasteiger partial charge in [-0.25, -0.2) is 0 Å². The van der Waals surface area contributed by atoms with E-state index in [2.05, 4.69) is 29.4 Å². The minimum Gasteiger partial charge on any atom is -0.308 e. The summed E-state index contributed by atoms with van der Waals surface area (Å²) in [6.45, 7) is 5.22. The van der Waals surface area contributed by atoms with Gasteiger partial charge in [0.15, 0.2) is 0 Å². The van der Waals surface area contributed by atoms with Crippen LogP contribution in [0.1, 0.15) is 37.6 Å². The summed E-state index contributed by atoms with van der Waals surface area (Å²) in [6.07, 6.45) is 4.05. The van der Waals surface area contributed by atoms with Gasteiger partial charge in [0.2, 0.25) is 0 Å². The molecule has 0 saturated heterocycles. The topological polar surface area (TPSA) is 24.9 Å². The molecule has 1 aromatic heterocycles. The van der Waals surface area contributed by atoms with Crippen molar-refractivity contribution in [3.63, 3.8) is 0 Å². The van der Waals surface area contributed by atoms with Crippen LogP contribution in [0.5, 0.6) is 0 Å². The molecule has 1 N–H and O–H groups in total. The lowest BCUT2D eigenvalue weighted by atomic mass is 10.1. The van der Waals surface area contributed by atoms with Crippen molar-refractivity contribution in [2.75, 3.05) is 0 Å². The number of nitrogens with one attached hydrogen (secondary N) is 1. The SMILES string of the molecule is CCC(NCc1cccc(C)n1)C1CC1. The number of hydrogen-bond acceptors (Lipinski definition) is 2. The summed E-state index contributed by atoms with van der Waals surface area (Å²) in [4.78, 5) is 4.50. The fourth-order valence-corrected chi connectivity index (χ4v) is 2.08. The van der Waals surface area contributed by atoms with E-state index in [1.165, 1.54) is 19.3 Å². The van der Waals surface area contributed by atoms with E-state index < -0.39 is 0 Å². The predicted octanol–water partition coefficient (Wildman–Crippen LogP) is 2.67. The molecule has 1 heterocycles. The number of rotatable bonds is 5. The zero-order valence-electron chi connectivity index (χ0n) is 9.66.